The summed E-state index contributed by atoms with van der Waals surface area (Å²) in [5.41, 5.74) is 7.79. The number of aromatic hydroxyl groups is 1. The number of hydrogen-bond donors (Lipinski definition) is 4. The Morgan fingerprint density at radius 2 is 1.72 bits per heavy atom. The van der Waals surface area contributed by atoms with Crippen LogP contribution in [0.5, 0.6) is 5.75 Å². The molecule has 0 aliphatic rings. The van der Waals surface area contributed by atoms with Gasteiger partial charge in [0.05, 0.1) is 5.69 Å². The molecule has 0 unspecified atom stereocenters. The molecule has 7 nitrogen and oxygen atoms in total. The lowest BCUT2D eigenvalue weighted by Crippen LogP contribution is -2.29. The number of carbonyl (C=O) groups excluding carboxylic acids is 2. The van der Waals surface area contributed by atoms with Crippen molar-refractivity contribution < 1.29 is 19.4 Å². The van der Waals surface area contributed by atoms with Crippen LogP contribution < -0.4 is 16.4 Å². The molecule has 132 valence electrons. The summed E-state index contributed by atoms with van der Waals surface area (Å²) in [6, 6.07) is 14.0. The topological polar surface area (TPSA) is 114 Å². The van der Waals surface area contributed by atoms with Crippen LogP contribution in [0, 0.1) is 0 Å². The molecule has 0 aliphatic carbocycles. The van der Waals surface area contributed by atoms with E-state index in [1.807, 2.05) is 24.3 Å². The van der Waals surface area contributed by atoms with E-state index in [-0.39, 0.29) is 24.9 Å². The molecule has 5 N–H and O–H groups in total. The van der Waals surface area contributed by atoms with Gasteiger partial charge in [0.15, 0.2) is 0 Å². The van der Waals surface area contributed by atoms with Crippen molar-refractivity contribution in [2.24, 2.45) is 5.73 Å². The molecule has 25 heavy (non-hydrogen) atoms. The summed E-state index contributed by atoms with van der Waals surface area (Å²) in [6.07, 6.45) is 0. The molecule has 0 aliphatic heterocycles. The first-order valence-corrected chi connectivity index (χ1v) is 7.78. The molecule has 0 bridgehead atoms. The Kier molecular flexibility index (Phi) is 6.94. The maximum absolute atomic E-state index is 11.7. The lowest BCUT2D eigenvalue weighted by Gasteiger charge is -2.09. The molecule has 0 atom stereocenters. The van der Waals surface area contributed by atoms with E-state index >= 15 is 0 Å². The Hall–Kier alpha value is -2.90. The van der Waals surface area contributed by atoms with Gasteiger partial charge in [-0.2, -0.15) is 0 Å². The number of hydrogen-bond acceptors (Lipinski definition) is 5. The second-order valence-electron chi connectivity index (χ2n) is 5.36. The lowest BCUT2D eigenvalue weighted by atomic mass is 10.1. The van der Waals surface area contributed by atoms with Crippen molar-refractivity contribution in [3.05, 3.63) is 59.7 Å². The smallest absolute Gasteiger partial charge is 0.250 e. The highest BCUT2D eigenvalue weighted by Crippen LogP contribution is 2.21. The average Bonchev–Trinajstić information content (AvgIpc) is 2.62. The fraction of sp³-hybridized carbons (Fsp3) is 0.222. The van der Waals surface area contributed by atoms with Gasteiger partial charge in [-0.05, 0) is 23.3 Å². The van der Waals surface area contributed by atoms with Crippen LogP contribution in [0.15, 0.2) is 48.5 Å². The first-order valence-electron chi connectivity index (χ1n) is 7.78. The number of ether oxygens (including phenoxy) is 1. The highest BCUT2D eigenvalue weighted by Gasteiger charge is 2.08. The maximum Gasteiger partial charge on any atom is 0.250 e. The third kappa shape index (κ3) is 6.25. The minimum absolute atomic E-state index is 0.0340. The van der Waals surface area contributed by atoms with Crippen molar-refractivity contribution in [2.75, 3.05) is 18.5 Å². The third-order valence-electron chi connectivity index (χ3n) is 3.36. The van der Waals surface area contributed by atoms with Crippen LogP contribution in [0.1, 0.15) is 11.1 Å². The van der Waals surface area contributed by atoms with Gasteiger partial charge in [0.2, 0.25) is 11.8 Å². The Morgan fingerprint density at radius 1 is 1.00 bits per heavy atom. The SMILES string of the molecule is NCc1cccc(CNC(=O)COCC(=O)Nc2ccccc2O)c1. The first-order chi connectivity index (χ1) is 12.1. The van der Waals surface area contributed by atoms with Crippen LogP contribution in [-0.2, 0) is 27.4 Å². The van der Waals surface area contributed by atoms with Crippen molar-refractivity contribution in [2.45, 2.75) is 13.1 Å². The van der Waals surface area contributed by atoms with Gasteiger partial charge < -0.3 is 26.2 Å². The summed E-state index contributed by atoms with van der Waals surface area (Å²) in [6.45, 7) is 0.284. The van der Waals surface area contributed by atoms with E-state index in [0.29, 0.717) is 18.8 Å². The highest BCUT2D eigenvalue weighted by molar-refractivity contribution is 5.93. The first kappa shape index (κ1) is 18.4. The van der Waals surface area contributed by atoms with Gasteiger partial charge in [0, 0.05) is 13.1 Å². The van der Waals surface area contributed by atoms with Crippen molar-refractivity contribution in [3.8, 4) is 5.75 Å². The van der Waals surface area contributed by atoms with Gasteiger partial charge in [0.1, 0.15) is 19.0 Å². The molecule has 2 amide bonds. The van der Waals surface area contributed by atoms with Gasteiger partial charge in [-0.15, -0.1) is 0 Å². The Bertz CT molecular complexity index is 734. The summed E-state index contributed by atoms with van der Waals surface area (Å²) >= 11 is 0. The highest BCUT2D eigenvalue weighted by atomic mass is 16.5. The zero-order valence-electron chi connectivity index (χ0n) is 13.7. The number of benzene rings is 2. The predicted octanol–water partition coefficient (Wildman–Crippen LogP) is 1.12. The summed E-state index contributed by atoms with van der Waals surface area (Å²) in [4.78, 5) is 23.4. The van der Waals surface area contributed by atoms with Gasteiger partial charge >= 0.3 is 0 Å². The lowest BCUT2D eigenvalue weighted by molar-refractivity contribution is -0.128. The van der Waals surface area contributed by atoms with Crippen LogP contribution in [0.25, 0.3) is 0 Å². The van der Waals surface area contributed by atoms with E-state index in [2.05, 4.69) is 10.6 Å². The van der Waals surface area contributed by atoms with Gasteiger partial charge in [-0.3, -0.25) is 9.59 Å². The quantitative estimate of drug-likeness (QED) is 0.537. The normalized spacial score (nSPS) is 10.3. The second-order valence-corrected chi connectivity index (χ2v) is 5.36. The monoisotopic (exact) mass is 343 g/mol. The summed E-state index contributed by atoms with van der Waals surface area (Å²) < 4.78 is 5.08. The molecule has 0 fully saturated rings. The van der Waals surface area contributed by atoms with E-state index in [9.17, 15) is 14.7 Å². The van der Waals surface area contributed by atoms with Gasteiger partial charge in [0.25, 0.3) is 0 Å². The predicted molar refractivity (Wildman–Crippen MR) is 93.7 cm³/mol. The molecule has 2 aromatic carbocycles. The van der Waals surface area contributed by atoms with Crippen LogP contribution in [0.2, 0.25) is 0 Å². The van der Waals surface area contributed by atoms with Crippen LogP contribution >= 0.6 is 0 Å². The van der Waals surface area contributed by atoms with Crippen molar-refractivity contribution in [3.63, 3.8) is 0 Å². The van der Waals surface area contributed by atoms with Crippen LogP contribution in [-0.4, -0.2) is 30.1 Å². The van der Waals surface area contributed by atoms with Gasteiger partial charge in [-0.1, -0.05) is 36.4 Å². The Balaban J connectivity index is 1.68. The van der Waals surface area contributed by atoms with Crippen LogP contribution in [0.3, 0.4) is 0 Å². The molecule has 2 rings (SSSR count). The number of nitrogens with one attached hydrogen (secondary N) is 2. The van der Waals surface area contributed by atoms with Crippen molar-refractivity contribution in [1.29, 1.82) is 0 Å². The third-order valence-corrected chi connectivity index (χ3v) is 3.36. The number of amides is 2. The van der Waals surface area contributed by atoms with Crippen LogP contribution in [0.4, 0.5) is 5.69 Å². The molecular weight excluding hydrogens is 322 g/mol. The Morgan fingerprint density at radius 3 is 2.48 bits per heavy atom. The molecule has 0 aromatic heterocycles. The molecule has 0 saturated carbocycles. The fourth-order valence-electron chi connectivity index (χ4n) is 2.12. The summed E-state index contributed by atoms with van der Waals surface area (Å²) in [7, 11) is 0. The zero-order chi connectivity index (χ0) is 18.1. The van der Waals surface area contributed by atoms with Crippen molar-refractivity contribution in [1.82, 2.24) is 5.32 Å². The molecule has 0 spiro atoms. The number of para-hydroxylation sites is 2. The molecule has 0 saturated heterocycles. The molecular formula is C18H21N3O4. The largest absolute Gasteiger partial charge is 0.506 e. The maximum atomic E-state index is 11.7. The number of phenols is 1. The van der Waals surface area contributed by atoms with E-state index in [1.165, 1.54) is 6.07 Å². The van der Waals surface area contributed by atoms with Crippen molar-refractivity contribution >= 4 is 17.5 Å². The minimum atomic E-state index is -0.454. The molecule has 0 heterocycles. The Labute approximate surface area is 145 Å². The summed E-state index contributed by atoms with van der Waals surface area (Å²) in [5.74, 6) is -0.813. The number of nitrogens with two attached hydrogens (primary N) is 1. The fourth-order valence-corrected chi connectivity index (χ4v) is 2.12. The number of anilines is 1. The second kappa shape index (κ2) is 9.41. The van der Waals surface area contributed by atoms with E-state index < -0.39 is 5.91 Å². The van der Waals surface area contributed by atoms with E-state index in [0.717, 1.165) is 11.1 Å². The van der Waals surface area contributed by atoms with Gasteiger partial charge in [-0.25, -0.2) is 0 Å². The van der Waals surface area contributed by atoms with E-state index in [1.54, 1.807) is 18.2 Å². The summed E-state index contributed by atoms with van der Waals surface area (Å²) in [5, 5.41) is 14.8. The number of phenolic OH excluding ortho intramolecular Hbond substituents is 1. The average molecular weight is 343 g/mol. The molecule has 2 aromatic rings. The molecule has 0 radical (unpaired) electrons. The minimum Gasteiger partial charge on any atom is -0.506 e. The zero-order valence-corrected chi connectivity index (χ0v) is 13.7. The molecule has 7 heteroatoms. The number of carbonyl (C=O) groups is 2. The van der Waals surface area contributed by atoms with E-state index in [4.69, 9.17) is 10.5 Å². The standard InChI is InChI=1S/C18H21N3O4/c19-9-13-4-3-5-14(8-13)10-20-17(23)11-25-12-18(24)21-15-6-1-2-7-16(15)22/h1-8,22H,9-12,19H2,(H,20,23)(H,21,24). The number of rotatable bonds is 8.